The number of fused-ring (bicyclic) bond motifs is 1. The minimum atomic E-state index is -0.159. The van der Waals surface area contributed by atoms with E-state index in [2.05, 4.69) is 20.5 Å². The van der Waals surface area contributed by atoms with E-state index < -0.39 is 0 Å². The molecule has 1 N–H and O–H groups in total. The molecule has 0 bridgehead atoms. The fraction of sp³-hybridized carbons (Fsp3) is 0.143. The van der Waals surface area contributed by atoms with Crippen molar-refractivity contribution in [2.75, 3.05) is 11.1 Å². The van der Waals surface area contributed by atoms with Crippen LogP contribution in [0, 0.1) is 13.8 Å². The maximum absolute atomic E-state index is 12.5. The van der Waals surface area contributed by atoms with E-state index in [9.17, 15) is 4.79 Å². The first-order chi connectivity index (χ1) is 14.1. The molecule has 4 aromatic rings. The van der Waals surface area contributed by atoms with E-state index in [0.29, 0.717) is 28.1 Å². The van der Waals surface area contributed by atoms with Gasteiger partial charge in [0.25, 0.3) is 5.78 Å². The third-order valence-corrected chi connectivity index (χ3v) is 5.06. The molecular formula is C21H19N5O2S. The molecule has 0 radical (unpaired) electrons. The standard InChI is InChI=1S/C21H19N5O2S/c1-14-12-15(2)26-20(22-14)24-25-21(26)29-13-19(27)23-17-10-6-7-11-18(17)28-16-8-4-3-5-9-16/h3-12H,13H2,1-2H3,(H,23,27). The molecule has 7 nitrogen and oxygen atoms in total. The van der Waals surface area contributed by atoms with Gasteiger partial charge in [0.15, 0.2) is 10.9 Å². The summed E-state index contributed by atoms with van der Waals surface area (Å²) in [5.41, 5.74) is 2.47. The van der Waals surface area contributed by atoms with Crippen molar-refractivity contribution in [3.8, 4) is 11.5 Å². The lowest BCUT2D eigenvalue weighted by molar-refractivity contribution is -0.113. The Labute approximate surface area is 172 Å². The maximum atomic E-state index is 12.5. The third kappa shape index (κ3) is 4.38. The van der Waals surface area contributed by atoms with E-state index in [0.717, 1.165) is 11.4 Å². The topological polar surface area (TPSA) is 81.4 Å². The first-order valence-electron chi connectivity index (χ1n) is 9.04. The average Bonchev–Trinajstić information content (AvgIpc) is 3.12. The normalized spacial score (nSPS) is 10.8. The van der Waals surface area contributed by atoms with Crippen LogP contribution in [0.2, 0.25) is 0 Å². The van der Waals surface area contributed by atoms with E-state index in [1.807, 2.05) is 78.9 Å². The van der Waals surface area contributed by atoms with E-state index in [-0.39, 0.29) is 11.7 Å². The molecule has 2 aromatic carbocycles. The minimum absolute atomic E-state index is 0.159. The first kappa shape index (κ1) is 18.9. The van der Waals surface area contributed by atoms with Crippen LogP contribution in [-0.4, -0.2) is 31.2 Å². The summed E-state index contributed by atoms with van der Waals surface area (Å²) in [6.45, 7) is 3.88. The number of hydrogen-bond donors (Lipinski definition) is 1. The van der Waals surface area contributed by atoms with Crippen LogP contribution in [0.5, 0.6) is 11.5 Å². The molecule has 0 saturated carbocycles. The lowest BCUT2D eigenvalue weighted by atomic mass is 10.3. The molecule has 4 rings (SSSR count). The molecule has 1 amide bonds. The second-order valence-electron chi connectivity index (χ2n) is 6.41. The van der Waals surface area contributed by atoms with Crippen LogP contribution in [0.4, 0.5) is 5.69 Å². The van der Waals surface area contributed by atoms with Gasteiger partial charge < -0.3 is 10.1 Å². The number of thioether (sulfide) groups is 1. The molecule has 2 heterocycles. The van der Waals surface area contributed by atoms with Gasteiger partial charge in [-0.3, -0.25) is 9.20 Å². The number of amides is 1. The molecule has 0 atom stereocenters. The highest BCUT2D eigenvalue weighted by Gasteiger charge is 2.14. The number of ether oxygens (including phenoxy) is 1. The van der Waals surface area contributed by atoms with Gasteiger partial charge in [-0.1, -0.05) is 42.1 Å². The fourth-order valence-corrected chi connectivity index (χ4v) is 3.67. The molecule has 8 heteroatoms. The van der Waals surface area contributed by atoms with Gasteiger partial charge in [0.05, 0.1) is 11.4 Å². The summed E-state index contributed by atoms with van der Waals surface area (Å²) in [5.74, 6) is 1.85. The van der Waals surface area contributed by atoms with Crippen molar-refractivity contribution in [2.24, 2.45) is 0 Å². The highest BCUT2D eigenvalue weighted by atomic mass is 32.2. The van der Waals surface area contributed by atoms with Gasteiger partial charge in [-0.05, 0) is 44.2 Å². The SMILES string of the molecule is Cc1cc(C)n2c(SCC(=O)Nc3ccccc3Oc3ccccc3)nnc2n1. The number of carbonyl (C=O) groups is 1. The molecule has 0 saturated heterocycles. The van der Waals surface area contributed by atoms with E-state index in [4.69, 9.17) is 4.74 Å². The molecule has 2 aromatic heterocycles. The Bertz CT molecular complexity index is 1160. The summed E-state index contributed by atoms with van der Waals surface area (Å²) in [6.07, 6.45) is 0. The quantitative estimate of drug-likeness (QED) is 0.483. The average molecular weight is 405 g/mol. The zero-order valence-electron chi connectivity index (χ0n) is 16.0. The number of anilines is 1. The number of aromatic nitrogens is 4. The lowest BCUT2D eigenvalue weighted by Gasteiger charge is -2.12. The Kier molecular flexibility index (Phi) is 5.44. The van der Waals surface area contributed by atoms with E-state index in [1.54, 1.807) is 0 Å². The Balaban J connectivity index is 1.45. The van der Waals surface area contributed by atoms with Gasteiger partial charge in [0.2, 0.25) is 5.91 Å². The summed E-state index contributed by atoms with van der Waals surface area (Å²) < 4.78 is 7.73. The summed E-state index contributed by atoms with van der Waals surface area (Å²) in [7, 11) is 0. The van der Waals surface area contributed by atoms with Gasteiger partial charge in [0, 0.05) is 11.4 Å². The van der Waals surface area contributed by atoms with Crippen molar-refractivity contribution in [2.45, 2.75) is 19.0 Å². The van der Waals surface area contributed by atoms with Gasteiger partial charge >= 0.3 is 0 Å². The number of aryl methyl sites for hydroxylation is 2. The Morgan fingerprint density at radius 1 is 1.07 bits per heavy atom. The zero-order chi connectivity index (χ0) is 20.2. The Hall–Kier alpha value is -3.39. The van der Waals surface area contributed by atoms with Crippen LogP contribution < -0.4 is 10.1 Å². The van der Waals surface area contributed by atoms with Crippen LogP contribution >= 0.6 is 11.8 Å². The molecule has 0 aliphatic rings. The van der Waals surface area contributed by atoms with E-state index >= 15 is 0 Å². The second kappa shape index (κ2) is 8.32. The lowest BCUT2D eigenvalue weighted by Crippen LogP contribution is -2.15. The van der Waals surface area contributed by atoms with Crippen LogP contribution in [0.25, 0.3) is 5.78 Å². The summed E-state index contributed by atoms with van der Waals surface area (Å²) in [4.78, 5) is 16.9. The number of nitrogens with zero attached hydrogens (tertiary/aromatic N) is 4. The van der Waals surface area contributed by atoms with Crippen molar-refractivity contribution < 1.29 is 9.53 Å². The molecule has 29 heavy (non-hydrogen) atoms. The number of nitrogens with one attached hydrogen (secondary N) is 1. The van der Waals surface area contributed by atoms with Crippen LogP contribution in [0.1, 0.15) is 11.4 Å². The number of carbonyl (C=O) groups excluding carboxylic acids is 1. The third-order valence-electron chi connectivity index (χ3n) is 4.13. The van der Waals surface area contributed by atoms with Gasteiger partial charge in [-0.15, -0.1) is 10.2 Å². The predicted octanol–water partition coefficient (Wildman–Crippen LogP) is 4.26. The smallest absolute Gasteiger partial charge is 0.256 e. The first-order valence-corrected chi connectivity index (χ1v) is 10.0. The zero-order valence-corrected chi connectivity index (χ0v) is 16.8. The summed E-state index contributed by atoms with van der Waals surface area (Å²) >= 11 is 1.31. The highest BCUT2D eigenvalue weighted by molar-refractivity contribution is 7.99. The Morgan fingerprint density at radius 2 is 1.83 bits per heavy atom. The predicted molar refractivity (Wildman–Crippen MR) is 113 cm³/mol. The molecular weight excluding hydrogens is 386 g/mol. The van der Waals surface area contributed by atoms with Crippen molar-refractivity contribution >= 4 is 29.1 Å². The largest absolute Gasteiger partial charge is 0.455 e. The number of benzene rings is 2. The van der Waals surface area contributed by atoms with Crippen LogP contribution in [0.15, 0.2) is 65.8 Å². The summed E-state index contributed by atoms with van der Waals surface area (Å²) in [5, 5.41) is 11.8. The molecule has 0 aliphatic carbocycles. The minimum Gasteiger partial charge on any atom is -0.455 e. The van der Waals surface area contributed by atoms with Gasteiger partial charge in [-0.2, -0.15) is 0 Å². The Morgan fingerprint density at radius 3 is 2.66 bits per heavy atom. The van der Waals surface area contributed by atoms with Gasteiger partial charge in [0.1, 0.15) is 5.75 Å². The van der Waals surface area contributed by atoms with Crippen molar-refractivity contribution in [1.82, 2.24) is 19.6 Å². The highest BCUT2D eigenvalue weighted by Crippen LogP contribution is 2.29. The molecule has 0 fully saturated rings. The van der Waals surface area contributed by atoms with Crippen molar-refractivity contribution in [3.63, 3.8) is 0 Å². The number of para-hydroxylation sites is 3. The molecule has 0 aliphatic heterocycles. The summed E-state index contributed by atoms with van der Waals surface area (Å²) in [6, 6.07) is 18.7. The number of hydrogen-bond acceptors (Lipinski definition) is 6. The van der Waals surface area contributed by atoms with Gasteiger partial charge in [-0.25, -0.2) is 4.98 Å². The monoisotopic (exact) mass is 405 g/mol. The number of rotatable bonds is 6. The molecule has 0 unspecified atom stereocenters. The van der Waals surface area contributed by atoms with Crippen molar-refractivity contribution in [3.05, 3.63) is 72.1 Å². The van der Waals surface area contributed by atoms with Crippen LogP contribution in [-0.2, 0) is 4.79 Å². The second-order valence-corrected chi connectivity index (χ2v) is 7.35. The van der Waals surface area contributed by atoms with E-state index in [1.165, 1.54) is 11.8 Å². The maximum Gasteiger partial charge on any atom is 0.256 e. The van der Waals surface area contributed by atoms with Crippen molar-refractivity contribution in [1.29, 1.82) is 0 Å². The van der Waals surface area contributed by atoms with Crippen LogP contribution in [0.3, 0.4) is 0 Å². The fourth-order valence-electron chi connectivity index (χ4n) is 2.88. The molecule has 146 valence electrons. The molecule has 0 spiro atoms.